The molecule has 0 bridgehead atoms. The Morgan fingerprint density at radius 3 is 2.66 bits per heavy atom. The Kier molecular flexibility index (Phi) is 5.03. The maximum atomic E-state index is 13.2. The molecule has 3 heterocycles. The summed E-state index contributed by atoms with van der Waals surface area (Å²) in [5.41, 5.74) is 2.81. The molecule has 3 aromatic rings. The number of nitrogens with zero attached hydrogens (tertiary/aromatic N) is 3. The zero-order valence-electron chi connectivity index (χ0n) is 16.7. The molecule has 148 valence electrons. The zero-order chi connectivity index (χ0) is 19.6. The minimum absolute atomic E-state index is 0.0727. The van der Waals surface area contributed by atoms with Gasteiger partial charge in [0.2, 0.25) is 0 Å². The van der Waals surface area contributed by atoms with E-state index in [-0.39, 0.29) is 5.91 Å². The SMILES string of the molecule is O=C(c1ccc2ccccc2n1)N1C[C@@H]2CCCCN(Cc3ccccc3)[C@@H]2C1. The van der Waals surface area contributed by atoms with Crippen LogP contribution in [0.3, 0.4) is 0 Å². The van der Waals surface area contributed by atoms with Gasteiger partial charge in [-0.2, -0.15) is 0 Å². The lowest BCUT2D eigenvalue weighted by molar-refractivity contribution is 0.0767. The number of aromatic nitrogens is 1. The molecule has 4 nitrogen and oxygen atoms in total. The van der Waals surface area contributed by atoms with Crippen molar-refractivity contribution in [1.82, 2.24) is 14.8 Å². The molecule has 2 saturated heterocycles. The van der Waals surface area contributed by atoms with Crippen LogP contribution >= 0.6 is 0 Å². The fourth-order valence-electron chi connectivity index (χ4n) is 4.97. The highest BCUT2D eigenvalue weighted by Gasteiger charge is 2.39. The van der Waals surface area contributed by atoms with E-state index in [2.05, 4.69) is 40.2 Å². The normalized spacial score (nSPS) is 22.4. The Morgan fingerprint density at radius 1 is 0.931 bits per heavy atom. The van der Waals surface area contributed by atoms with Crippen LogP contribution in [0.5, 0.6) is 0 Å². The van der Waals surface area contributed by atoms with Gasteiger partial charge in [-0.25, -0.2) is 4.98 Å². The molecule has 5 rings (SSSR count). The lowest BCUT2D eigenvalue weighted by atomic mass is 9.98. The van der Waals surface area contributed by atoms with E-state index in [1.165, 1.54) is 24.8 Å². The van der Waals surface area contributed by atoms with Crippen LogP contribution in [0.4, 0.5) is 0 Å². The minimum Gasteiger partial charge on any atom is -0.335 e. The predicted octanol–water partition coefficient (Wildman–Crippen LogP) is 4.36. The molecule has 29 heavy (non-hydrogen) atoms. The number of carbonyl (C=O) groups is 1. The maximum absolute atomic E-state index is 13.2. The second-order valence-electron chi connectivity index (χ2n) is 8.38. The zero-order valence-corrected chi connectivity index (χ0v) is 16.7. The Labute approximate surface area is 172 Å². The maximum Gasteiger partial charge on any atom is 0.272 e. The fourth-order valence-corrected chi connectivity index (χ4v) is 4.97. The molecule has 0 unspecified atom stereocenters. The van der Waals surface area contributed by atoms with Gasteiger partial charge < -0.3 is 4.90 Å². The van der Waals surface area contributed by atoms with Gasteiger partial charge in [-0.1, -0.05) is 61.0 Å². The Balaban J connectivity index is 1.35. The topological polar surface area (TPSA) is 36.4 Å². The Hall–Kier alpha value is -2.72. The summed E-state index contributed by atoms with van der Waals surface area (Å²) in [6.45, 7) is 3.75. The third-order valence-electron chi connectivity index (χ3n) is 6.48. The second kappa shape index (κ2) is 7.96. The van der Waals surface area contributed by atoms with Crippen molar-refractivity contribution >= 4 is 16.8 Å². The summed E-state index contributed by atoms with van der Waals surface area (Å²) >= 11 is 0. The number of amides is 1. The first-order valence-electron chi connectivity index (χ1n) is 10.7. The summed E-state index contributed by atoms with van der Waals surface area (Å²) in [5.74, 6) is 0.633. The number of benzene rings is 2. The average Bonchev–Trinajstić information content (AvgIpc) is 3.11. The summed E-state index contributed by atoms with van der Waals surface area (Å²) in [6.07, 6.45) is 3.72. The highest BCUT2D eigenvalue weighted by Crippen LogP contribution is 2.31. The fraction of sp³-hybridized carbons (Fsp3) is 0.360. The van der Waals surface area contributed by atoms with Crippen molar-refractivity contribution in [3.05, 3.63) is 78.0 Å². The molecule has 2 aromatic carbocycles. The molecule has 0 aliphatic carbocycles. The van der Waals surface area contributed by atoms with E-state index in [1.54, 1.807) is 0 Å². The molecule has 4 heteroatoms. The molecule has 0 spiro atoms. The van der Waals surface area contributed by atoms with Gasteiger partial charge in [0, 0.05) is 31.1 Å². The first-order valence-corrected chi connectivity index (χ1v) is 10.7. The van der Waals surface area contributed by atoms with Gasteiger partial charge in [-0.05, 0) is 43.0 Å². The lowest BCUT2D eigenvalue weighted by Crippen LogP contribution is -2.40. The molecule has 2 aliphatic heterocycles. The molecule has 1 aromatic heterocycles. The van der Waals surface area contributed by atoms with E-state index < -0.39 is 0 Å². The van der Waals surface area contributed by atoms with Crippen LogP contribution in [0.15, 0.2) is 66.7 Å². The first-order chi connectivity index (χ1) is 14.3. The van der Waals surface area contributed by atoms with Gasteiger partial charge in [0.05, 0.1) is 5.52 Å². The van der Waals surface area contributed by atoms with Gasteiger partial charge in [0.1, 0.15) is 5.69 Å². The van der Waals surface area contributed by atoms with Crippen molar-refractivity contribution in [2.45, 2.75) is 31.8 Å². The van der Waals surface area contributed by atoms with Crippen molar-refractivity contribution in [1.29, 1.82) is 0 Å². The van der Waals surface area contributed by atoms with Gasteiger partial charge in [0.15, 0.2) is 0 Å². The van der Waals surface area contributed by atoms with E-state index in [4.69, 9.17) is 0 Å². The molecule has 0 N–H and O–H groups in total. The third-order valence-corrected chi connectivity index (χ3v) is 6.48. The largest absolute Gasteiger partial charge is 0.335 e. The van der Waals surface area contributed by atoms with Crippen LogP contribution in [-0.4, -0.2) is 46.4 Å². The van der Waals surface area contributed by atoms with E-state index >= 15 is 0 Å². The van der Waals surface area contributed by atoms with Crippen LogP contribution in [0.1, 0.15) is 35.3 Å². The molecular formula is C25H27N3O. The van der Waals surface area contributed by atoms with Gasteiger partial charge in [-0.15, -0.1) is 0 Å². The summed E-state index contributed by atoms with van der Waals surface area (Å²) in [6, 6.07) is 23.0. The molecule has 1 amide bonds. The number of para-hydroxylation sites is 1. The highest BCUT2D eigenvalue weighted by molar-refractivity contribution is 5.95. The first kappa shape index (κ1) is 18.3. The number of likely N-dealkylation sites (tertiary alicyclic amines) is 2. The minimum atomic E-state index is 0.0727. The summed E-state index contributed by atoms with van der Waals surface area (Å²) < 4.78 is 0. The van der Waals surface area contributed by atoms with Crippen LogP contribution in [0.25, 0.3) is 10.9 Å². The van der Waals surface area contributed by atoms with E-state index in [0.29, 0.717) is 17.7 Å². The Morgan fingerprint density at radius 2 is 1.76 bits per heavy atom. The molecule has 2 fully saturated rings. The number of carbonyl (C=O) groups excluding carboxylic acids is 1. The van der Waals surface area contributed by atoms with Crippen LogP contribution in [-0.2, 0) is 6.54 Å². The number of fused-ring (bicyclic) bond motifs is 2. The van der Waals surface area contributed by atoms with E-state index in [0.717, 1.165) is 37.1 Å². The van der Waals surface area contributed by atoms with Gasteiger partial charge in [-0.3, -0.25) is 9.69 Å². The Bertz CT molecular complexity index is 1000. The standard InChI is InChI=1S/C25H27N3O/c29-25(23-14-13-20-10-4-5-12-22(20)26-23)28-17-21-11-6-7-15-27(24(21)18-28)16-19-8-2-1-3-9-19/h1-5,8-10,12-14,21,24H,6-7,11,15-18H2/t21-,24+/m0/s1. The number of hydrogen-bond acceptors (Lipinski definition) is 3. The third kappa shape index (κ3) is 3.77. The van der Waals surface area contributed by atoms with Crippen molar-refractivity contribution in [2.24, 2.45) is 5.92 Å². The quantitative estimate of drug-likeness (QED) is 0.672. The molecule has 2 aliphatic rings. The average molecular weight is 386 g/mol. The molecule has 0 saturated carbocycles. The lowest BCUT2D eigenvalue weighted by Gasteiger charge is -2.30. The van der Waals surface area contributed by atoms with Crippen LogP contribution in [0, 0.1) is 5.92 Å². The summed E-state index contributed by atoms with van der Waals surface area (Å²) in [7, 11) is 0. The highest BCUT2D eigenvalue weighted by atomic mass is 16.2. The van der Waals surface area contributed by atoms with Crippen molar-refractivity contribution in [2.75, 3.05) is 19.6 Å². The summed E-state index contributed by atoms with van der Waals surface area (Å²) in [5, 5.41) is 1.07. The number of pyridine rings is 1. The smallest absolute Gasteiger partial charge is 0.272 e. The molecule has 2 atom stereocenters. The van der Waals surface area contributed by atoms with Gasteiger partial charge in [0.25, 0.3) is 5.91 Å². The predicted molar refractivity (Wildman–Crippen MR) is 116 cm³/mol. The van der Waals surface area contributed by atoms with Crippen LogP contribution in [0.2, 0.25) is 0 Å². The van der Waals surface area contributed by atoms with Gasteiger partial charge >= 0.3 is 0 Å². The summed E-state index contributed by atoms with van der Waals surface area (Å²) in [4.78, 5) is 22.5. The van der Waals surface area contributed by atoms with Crippen molar-refractivity contribution < 1.29 is 4.79 Å². The van der Waals surface area contributed by atoms with E-state index in [9.17, 15) is 4.79 Å². The van der Waals surface area contributed by atoms with E-state index in [1.807, 2.05) is 41.3 Å². The number of hydrogen-bond donors (Lipinski definition) is 0. The monoisotopic (exact) mass is 385 g/mol. The van der Waals surface area contributed by atoms with Crippen molar-refractivity contribution in [3.63, 3.8) is 0 Å². The second-order valence-corrected chi connectivity index (χ2v) is 8.38. The van der Waals surface area contributed by atoms with Crippen molar-refractivity contribution in [3.8, 4) is 0 Å². The molecular weight excluding hydrogens is 358 g/mol. The van der Waals surface area contributed by atoms with Crippen LogP contribution < -0.4 is 0 Å². The number of rotatable bonds is 3. The molecule has 0 radical (unpaired) electrons.